The second-order valence-corrected chi connectivity index (χ2v) is 5.03. The molecule has 3 rings (SSSR count). The molecule has 18 heavy (non-hydrogen) atoms. The Bertz CT molecular complexity index is 644. The van der Waals surface area contributed by atoms with E-state index in [4.69, 9.17) is 0 Å². The highest BCUT2D eigenvalue weighted by Gasteiger charge is 2.03. The van der Waals surface area contributed by atoms with Crippen molar-refractivity contribution >= 4 is 22.8 Å². The van der Waals surface area contributed by atoms with Crippen LogP contribution in [0.15, 0.2) is 30.0 Å². The average Bonchev–Trinajstić information content (AvgIpc) is 2.98. The van der Waals surface area contributed by atoms with Crippen molar-refractivity contribution in [2.45, 2.75) is 13.3 Å². The highest BCUT2D eigenvalue weighted by atomic mass is 32.1. The molecule has 0 fully saturated rings. The van der Waals surface area contributed by atoms with Crippen LogP contribution in [0.1, 0.15) is 10.6 Å². The molecule has 3 aromatic heterocycles. The number of pyridine rings is 1. The Morgan fingerprint density at radius 1 is 1.33 bits per heavy atom. The summed E-state index contributed by atoms with van der Waals surface area (Å²) in [6.07, 6.45) is 4.32. The van der Waals surface area contributed by atoms with Crippen molar-refractivity contribution in [1.82, 2.24) is 19.6 Å². The minimum atomic E-state index is 0.839. The van der Waals surface area contributed by atoms with E-state index in [1.54, 1.807) is 17.7 Å². The van der Waals surface area contributed by atoms with Gasteiger partial charge in [0, 0.05) is 24.5 Å². The lowest BCUT2D eigenvalue weighted by Gasteiger charge is -2.08. The molecule has 5 nitrogen and oxygen atoms in total. The van der Waals surface area contributed by atoms with Crippen molar-refractivity contribution < 1.29 is 0 Å². The Hall–Kier alpha value is -1.95. The van der Waals surface area contributed by atoms with E-state index < -0.39 is 0 Å². The number of nitrogens with one attached hydrogen (secondary N) is 1. The quantitative estimate of drug-likeness (QED) is 0.780. The van der Waals surface area contributed by atoms with Crippen molar-refractivity contribution in [2.75, 3.05) is 11.9 Å². The van der Waals surface area contributed by atoms with Crippen LogP contribution in [0.25, 0.3) is 5.65 Å². The summed E-state index contributed by atoms with van der Waals surface area (Å²) in [5.41, 5.74) is 2.04. The summed E-state index contributed by atoms with van der Waals surface area (Å²) < 4.78 is 1.81. The summed E-state index contributed by atoms with van der Waals surface area (Å²) in [6, 6.07) is 4.09. The maximum absolute atomic E-state index is 4.26. The average molecular weight is 259 g/mol. The number of aryl methyl sites for hydroxylation is 1. The normalized spacial score (nSPS) is 10.9. The van der Waals surface area contributed by atoms with E-state index in [9.17, 15) is 0 Å². The fourth-order valence-corrected chi connectivity index (χ4v) is 2.48. The molecule has 0 spiro atoms. The molecule has 0 bridgehead atoms. The van der Waals surface area contributed by atoms with Crippen molar-refractivity contribution in [1.29, 1.82) is 0 Å². The standard InChI is InChI=1S/C12H13N5S/c1-9-6-10(17-11(7-9)15-8-16-17)13-3-2-12-14-4-5-18-12/h4-8,13H,2-3H2,1H3. The van der Waals surface area contributed by atoms with Crippen LogP contribution in [-0.2, 0) is 6.42 Å². The second kappa shape index (κ2) is 4.73. The van der Waals surface area contributed by atoms with Crippen molar-refractivity contribution in [3.63, 3.8) is 0 Å². The molecule has 0 saturated heterocycles. The van der Waals surface area contributed by atoms with E-state index in [0.29, 0.717) is 0 Å². The smallest absolute Gasteiger partial charge is 0.157 e. The molecule has 1 N–H and O–H groups in total. The first-order valence-corrected chi connectivity index (χ1v) is 6.63. The van der Waals surface area contributed by atoms with Gasteiger partial charge in [-0.25, -0.2) is 9.97 Å². The number of thiazole rings is 1. The summed E-state index contributed by atoms with van der Waals surface area (Å²) >= 11 is 1.68. The molecule has 0 atom stereocenters. The lowest BCUT2D eigenvalue weighted by molar-refractivity contribution is 0.921. The molecule has 6 heteroatoms. The van der Waals surface area contributed by atoms with Crippen LogP contribution < -0.4 is 5.32 Å². The zero-order valence-electron chi connectivity index (χ0n) is 10.00. The van der Waals surface area contributed by atoms with E-state index in [2.05, 4.69) is 33.4 Å². The summed E-state index contributed by atoms with van der Waals surface area (Å²) in [5, 5.41) is 10.7. The van der Waals surface area contributed by atoms with Gasteiger partial charge in [0.15, 0.2) is 5.65 Å². The largest absolute Gasteiger partial charge is 0.370 e. The van der Waals surface area contributed by atoms with Gasteiger partial charge in [-0.15, -0.1) is 11.3 Å². The molecule has 0 radical (unpaired) electrons. The topological polar surface area (TPSA) is 55.1 Å². The number of aromatic nitrogens is 4. The minimum Gasteiger partial charge on any atom is -0.370 e. The summed E-state index contributed by atoms with van der Waals surface area (Å²) in [6.45, 7) is 2.90. The molecule has 3 heterocycles. The van der Waals surface area contributed by atoms with Gasteiger partial charge in [-0.1, -0.05) is 0 Å². The Morgan fingerprint density at radius 3 is 3.11 bits per heavy atom. The van der Waals surface area contributed by atoms with Gasteiger partial charge >= 0.3 is 0 Å². The van der Waals surface area contributed by atoms with Crippen LogP contribution in [0.3, 0.4) is 0 Å². The number of hydrogen-bond acceptors (Lipinski definition) is 5. The first-order valence-electron chi connectivity index (χ1n) is 5.75. The molecule has 0 aliphatic heterocycles. The van der Waals surface area contributed by atoms with Crippen LogP contribution in [0.5, 0.6) is 0 Å². The molecule has 92 valence electrons. The number of fused-ring (bicyclic) bond motifs is 1. The first kappa shape index (κ1) is 11.2. The van der Waals surface area contributed by atoms with Crippen molar-refractivity contribution in [3.05, 3.63) is 40.6 Å². The lowest BCUT2D eigenvalue weighted by Crippen LogP contribution is -2.09. The fraction of sp³-hybridized carbons (Fsp3) is 0.250. The number of rotatable bonds is 4. The van der Waals surface area contributed by atoms with E-state index in [1.165, 1.54) is 5.56 Å². The molecule has 0 aromatic carbocycles. The predicted octanol–water partition coefficient (Wildman–Crippen LogP) is 2.15. The number of hydrogen-bond donors (Lipinski definition) is 1. The van der Waals surface area contributed by atoms with Gasteiger partial charge in [0.2, 0.25) is 0 Å². The predicted molar refractivity (Wildman–Crippen MR) is 72.0 cm³/mol. The van der Waals surface area contributed by atoms with Gasteiger partial charge in [-0.3, -0.25) is 0 Å². The Balaban J connectivity index is 1.75. The first-order chi connectivity index (χ1) is 8.83. The molecule has 3 aromatic rings. The van der Waals surface area contributed by atoms with E-state index in [1.807, 2.05) is 22.2 Å². The van der Waals surface area contributed by atoms with Crippen LogP contribution in [0, 0.1) is 6.92 Å². The Kier molecular flexibility index (Phi) is 2.93. The van der Waals surface area contributed by atoms with Gasteiger partial charge in [-0.05, 0) is 24.6 Å². The van der Waals surface area contributed by atoms with Crippen LogP contribution in [0.2, 0.25) is 0 Å². The van der Waals surface area contributed by atoms with E-state index >= 15 is 0 Å². The zero-order chi connectivity index (χ0) is 12.4. The molecule has 0 aliphatic carbocycles. The van der Waals surface area contributed by atoms with Gasteiger partial charge < -0.3 is 5.32 Å². The SMILES string of the molecule is Cc1cc(NCCc2nccs2)n2ncnc2c1. The van der Waals surface area contributed by atoms with Crippen LogP contribution >= 0.6 is 11.3 Å². The summed E-state index contributed by atoms with van der Waals surface area (Å²) in [7, 11) is 0. The fourth-order valence-electron chi connectivity index (χ4n) is 1.86. The molecular formula is C12H13N5S. The number of nitrogens with zero attached hydrogens (tertiary/aromatic N) is 4. The molecule has 0 aliphatic rings. The Morgan fingerprint density at radius 2 is 2.28 bits per heavy atom. The summed E-state index contributed by atoms with van der Waals surface area (Å²) in [5.74, 6) is 0.971. The third-order valence-electron chi connectivity index (χ3n) is 2.65. The zero-order valence-corrected chi connectivity index (χ0v) is 10.8. The highest BCUT2D eigenvalue weighted by molar-refractivity contribution is 7.09. The maximum atomic E-state index is 4.26. The maximum Gasteiger partial charge on any atom is 0.157 e. The van der Waals surface area contributed by atoms with Gasteiger partial charge in [0.25, 0.3) is 0 Å². The molecule has 0 unspecified atom stereocenters. The lowest BCUT2D eigenvalue weighted by atomic mass is 10.3. The second-order valence-electron chi connectivity index (χ2n) is 4.05. The number of anilines is 1. The van der Waals surface area contributed by atoms with Crippen molar-refractivity contribution in [3.8, 4) is 0 Å². The van der Waals surface area contributed by atoms with Gasteiger partial charge in [0.05, 0.1) is 5.01 Å². The Labute approximate surface area is 109 Å². The highest BCUT2D eigenvalue weighted by Crippen LogP contribution is 2.13. The van der Waals surface area contributed by atoms with Crippen LogP contribution in [0.4, 0.5) is 5.82 Å². The third kappa shape index (κ3) is 2.19. The van der Waals surface area contributed by atoms with Crippen molar-refractivity contribution in [2.24, 2.45) is 0 Å². The summed E-state index contributed by atoms with van der Waals surface area (Å²) in [4.78, 5) is 8.46. The molecule has 0 amide bonds. The van der Waals surface area contributed by atoms with Gasteiger partial charge in [-0.2, -0.15) is 9.61 Å². The minimum absolute atomic E-state index is 0.839. The van der Waals surface area contributed by atoms with E-state index in [0.717, 1.165) is 29.4 Å². The third-order valence-corrected chi connectivity index (χ3v) is 3.49. The molecular weight excluding hydrogens is 246 g/mol. The molecule has 0 saturated carbocycles. The van der Waals surface area contributed by atoms with E-state index in [-0.39, 0.29) is 0 Å². The van der Waals surface area contributed by atoms with Crippen LogP contribution in [-0.4, -0.2) is 26.1 Å². The monoisotopic (exact) mass is 259 g/mol. The van der Waals surface area contributed by atoms with Gasteiger partial charge in [0.1, 0.15) is 12.1 Å².